The minimum Gasteiger partial charge on any atom is -0.425 e. The number of hydrogen-bond acceptors (Lipinski definition) is 7. The van der Waals surface area contributed by atoms with Crippen LogP contribution in [0.15, 0.2) is 41.2 Å². The average Bonchev–Trinajstić information content (AvgIpc) is 3.04. The molecule has 1 aliphatic heterocycles. The van der Waals surface area contributed by atoms with Gasteiger partial charge in [0.25, 0.3) is 5.56 Å². The van der Waals surface area contributed by atoms with Crippen LogP contribution in [0, 0.1) is 0 Å². The van der Waals surface area contributed by atoms with Crippen molar-refractivity contribution in [1.82, 2.24) is 9.97 Å². The number of nitrogens with zero attached hydrogens (tertiary/aromatic N) is 1. The Morgan fingerprint density at radius 2 is 1.93 bits per heavy atom. The lowest BCUT2D eigenvalue weighted by Crippen LogP contribution is -2.30. The number of carbonyl (C=O) groups is 1. The van der Waals surface area contributed by atoms with Crippen LogP contribution in [0.5, 0.6) is 0 Å². The molecule has 1 atom stereocenters. The van der Waals surface area contributed by atoms with Gasteiger partial charge in [-0.05, 0) is 18.2 Å². The van der Waals surface area contributed by atoms with Crippen molar-refractivity contribution in [2.45, 2.75) is 25.7 Å². The number of aromatic amines is 1. The Hall–Kier alpha value is -3.07. The SMILES string of the molecule is CCC1(OCOC)OC(=O)c2c1cc(-c1nc3ccccc3cc1COC)[nH]c2=O. The van der Waals surface area contributed by atoms with Crippen LogP contribution in [0.25, 0.3) is 22.3 Å². The van der Waals surface area contributed by atoms with Crippen molar-refractivity contribution in [3.63, 3.8) is 0 Å². The predicted octanol–water partition coefficient (Wildman–Crippen LogP) is 3.09. The van der Waals surface area contributed by atoms with Crippen LogP contribution in [-0.2, 0) is 31.3 Å². The van der Waals surface area contributed by atoms with E-state index >= 15 is 0 Å². The zero-order valence-corrected chi connectivity index (χ0v) is 17.0. The highest BCUT2D eigenvalue weighted by molar-refractivity contribution is 5.94. The van der Waals surface area contributed by atoms with Gasteiger partial charge in [-0.2, -0.15) is 0 Å². The molecule has 1 aliphatic rings. The lowest BCUT2D eigenvalue weighted by molar-refractivity contribution is -0.244. The first-order valence-corrected chi connectivity index (χ1v) is 9.55. The molecule has 0 radical (unpaired) electrons. The summed E-state index contributed by atoms with van der Waals surface area (Å²) in [7, 11) is 3.07. The number of pyridine rings is 2. The largest absolute Gasteiger partial charge is 0.425 e. The van der Waals surface area contributed by atoms with E-state index < -0.39 is 17.3 Å². The molecule has 0 amide bonds. The molecule has 0 fully saturated rings. The molecule has 4 rings (SSSR count). The fourth-order valence-electron chi connectivity index (χ4n) is 3.73. The van der Waals surface area contributed by atoms with E-state index in [0.29, 0.717) is 30.0 Å². The molecule has 3 heterocycles. The molecule has 0 bridgehead atoms. The van der Waals surface area contributed by atoms with Crippen LogP contribution < -0.4 is 5.56 Å². The molecule has 30 heavy (non-hydrogen) atoms. The molecule has 3 aromatic rings. The number of methoxy groups -OCH3 is 2. The second kappa shape index (κ2) is 7.98. The van der Waals surface area contributed by atoms with Gasteiger partial charge in [0.05, 0.1) is 23.5 Å². The Morgan fingerprint density at radius 1 is 1.13 bits per heavy atom. The van der Waals surface area contributed by atoms with Gasteiger partial charge in [0.2, 0.25) is 5.79 Å². The molecule has 0 saturated heterocycles. The molecule has 2 aromatic heterocycles. The highest BCUT2D eigenvalue weighted by Crippen LogP contribution is 2.40. The van der Waals surface area contributed by atoms with Crippen LogP contribution in [0.2, 0.25) is 0 Å². The number of para-hydroxylation sites is 1. The van der Waals surface area contributed by atoms with Crippen LogP contribution in [-0.4, -0.2) is 36.9 Å². The number of benzene rings is 1. The van der Waals surface area contributed by atoms with Crippen molar-refractivity contribution < 1.29 is 23.7 Å². The fourth-order valence-corrected chi connectivity index (χ4v) is 3.73. The van der Waals surface area contributed by atoms with Crippen LogP contribution in [0.3, 0.4) is 0 Å². The number of aromatic nitrogens is 2. The number of hydrogen-bond donors (Lipinski definition) is 1. The van der Waals surface area contributed by atoms with E-state index in [9.17, 15) is 9.59 Å². The molecule has 0 saturated carbocycles. The third-order valence-electron chi connectivity index (χ3n) is 5.14. The number of ether oxygens (including phenoxy) is 4. The van der Waals surface area contributed by atoms with Gasteiger partial charge in [-0.3, -0.25) is 4.79 Å². The Balaban J connectivity index is 1.94. The second-order valence-electron chi connectivity index (χ2n) is 6.97. The monoisotopic (exact) mass is 410 g/mol. The van der Waals surface area contributed by atoms with Gasteiger partial charge in [0.15, 0.2) is 6.79 Å². The van der Waals surface area contributed by atoms with Gasteiger partial charge in [-0.1, -0.05) is 25.1 Å². The minimum absolute atomic E-state index is 0.0641. The Labute approximate surface area is 172 Å². The quantitative estimate of drug-likeness (QED) is 0.472. The average molecular weight is 410 g/mol. The zero-order chi connectivity index (χ0) is 21.3. The maximum absolute atomic E-state index is 12.8. The molecule has 0 aliphatic carbocycles. The summed E-state index contributed by atoms with van der Waals surface area (Å²) in [5.74, 6) is -2.11. The third-order valence-corrected chi connectivity index (χ3v) is 5.14. The maximum Gasteiger partial charge on any atom is 0.347 e. The molecule has 156 valence electrons. The Bertz CT molecular complexity index is 1170. The predicted molar refractivity (Wildman–Crippen MR) is 109 cm³/mol. The number of fused-ring (bicyclic) bond motifs is 2. The number of esters is 1. The van der Waals surface area contributed by atoms with E-state index in [0.717, 1.165) is 16.5 Å². The molecular formula is C22H22N2O6. The summed E-state index contributed by atoms with van der Waals surface area (Å²) >= 11 is 0. The molecule has 1 unspecified atom stereocenters. The molecule has 0 spiro atoms. The fraction of sp³-hybridized carbons (Fsp3) is 0.318. The van der Waals surface area contributed by atoms with Gasteiger partial charge in [0, 0.05) is 37.2 Å². The first-order valence-electron chi connectivity index (χ1n) is 9.55. The van der Waals surface area contributed by atoms with Crippen LogP contribution in [0.4, 0.5) is 0 Å². The minimum atomic E-state index is -1.39. The Kier molecular flexibility index (Phi) is 5.38. The summed E-state index contributed by atoms with van der Waals surface area (Å²) in [6, 6.07) is 11.4. The normalized spacial score (nSPS) is 17.9. The van der Waals surface area contributed by atoms with E-state index in [4.69, 9.17) is 23.9 Å². The zero-order valence-electron chi connectivity index (χ0n) is 17.0. The van der Waals surface area contributed by atoms with Gasteiger partial charge in [-0.15, -0.1) is 0 Å². The second-order valence-corrected chi connectivity index (χ2v) is 6.97. The summed E-state index contributed by atoms with van der Waals surface area (Å²) in [6.07, 6.45) is 0.314. The highest BCUT2D eigenvalue weighted by Gasteiger charge is 2.47. The van der Waals surface area contributed by atoms with E-state index in [1.165, 1.54) is 7.11 Å². The summed E-state index contributed by atoms with van der Waals surface area (Å²) in [5, 5.41) is 0.960. The summed E-state index contributed by atoms with van der Waals surface area (Å²) < 4.78 is 21.5. The highest BCUT2D eigenvalue weighted by atomic mass is 16.8. The topological polar surface area (TPSA) is 99.7 Å². The van der Waals surface area contributed by atoms with Crippen molar-refractivity contribution in [2.24, 2.45) is 0 Å². The number of carbonyl (C=O) groups excluding carboxylic acids is 1. The van der Waals surface area contributed by atoms with Gasteiger partial charge < -0.3 is 23.9 Å². The van der Waals surface area contributed by atoms with E-state index in [1.54, 1.807) is 13.2 Å². The van der Waals surface area contributed by atoms with E-state index in [-0.39, 0.29) is 12.4 Å². The molecular weight excluding hydrogens is 388 g/mol. The van der Waals surface area contributed by atoms with Gasteiger partial charge in [0.1, 0.15) is 5.56 Å². The maximum atomic E-state index is 12.8. The van der Waals surface area contributed by atoms with Crippen LogP contribution >= 0.6 is 0 Å². The first kappa shape index (κ1) is 20.2. The lowest BCUT2D eigenvalue weighted by Gasteiger charge is -2.27. The van der Waals surface area contributed by atoms with Crippen molar-refractivity contribution in [3.05, 3.63) is 63.4 Å². The van der Waals surface area contributed by atoms with Crippen molar-refractivity contribution in [2.75, 3.05) is 21.0 Å². The van der Waals surface area contributed by atoms with Crippen molar-refractivity contribution in [3.8, 4) is 11.4 Å². The molecule has 1 aromatic carbocycles. The van der Waals surface area contributed by atoms with Crippen molar-refractivity contribution in [1.29, 1.82) is 0 Å². The summed E-state index contributed by atoms with van der Waals surface area (Å²) in [5.41, 5.74) is 2.34. The van der Waals surface area contributed by atoms with Crippen molar-refractivity contribution >= 4 is 16.9 Å². The Morgan fingerprint density at radius 3 is 2.67 bits per heavy atom. The summed E-state index contributed by atoms with van der Waals surface area (Å²) in [6.45, 7) is 2.02. The number of rotatable bonds is 7. The van der Waals surface area contributed by atoms with Crippen LogP contribution in [0.1, 0.15) is 34.8 Å². The number of H-pyrrole nitrogens is 1. The molecule has 1 N–H and O–H groups in total. The number of nitrogens with one attached hydrogen (secondary N) is 1. The molecule has 8 nitrogen and oxygen atoms in total. The first-order chi connectivity index (χ1) is 14.5. The summed E-state index contributed by atoms with van der Waals surface area (Å²) in [4.78, 5) is 32.8. The number of cyclic esters (lactones) is 1. The van der Waals surface area contributed by atoms with Gasteiger partial charge in [-0.25, -0.2) is 9.78 Å². The smallest absolute Gasteiger partial charge is 0.347 e. The molecule has 8 heteroatoms. The third kappa shape index (κ3) is 3.28. The van der Waals surface area contributed by atoms with Gasteiger partial charge >= 0.3 is 5.97 Å². The lowest BCUT2D eigenvalue weighted by atomic mass is 9.98. The van der Waals surface area contributed by atoms with E-state index in [1.807, 2.05) is 37.3 Å². The standard InChI is InChI=1S/C22H22N2O6/c1-4-22(29-12-28-3)15-10-17(24-20(25)18(15)21(26)30-22)19-14(11-27-2)9-13-7-5-6-8-16(13)23-19/h5-10H,4,11-12H2,1-3H3,(H,24,25). The van der Waals surface area contributed by atoms with E-state index in [2.05, 4.69) is 4.98 Å².